The predicted octanol–water partition coefficient (Wildman–Crippen LogP) is 11.7. The summed E-state index contributed by atoms with van der Waals surface area (Å²) < 4.78 is 13.2. The minimum atomic E-state index is -0.562. The number of carbonyl (C=O) groups excluding carboxylic acids is 1. The van der Waals surface area contributed by atoms with E-state index in [1.807, 2.05) is 78.9 Å². The summed E-state index contributed by atoms with van der Waals surface area (Å²) in [6, 6.07) is 42.9. The number of benzene rings is 6. The fourth-order valence-corrected chi connectivity index (χ4v) is 7.60. The van der Waals surface area contributed by atoms with Crippen LogP contribution in [0.5, 0.6) is 11.5 Å². The van der Waals surface area contributed by atoms with Crippen LogP contribution in [0.25, 0.3) is 0 Å². The Morgan fingerprint density at radius 1 is 0.673 bits per heavy atom. The maximum Gasteiger partial charge on any atom is 0.339 e. The Morgan fingerprint density at radius 3 is 1.90 bits per heavy atom. The molecule has 1 atom stereocenters. The van der Waals surface area contributed by atoms with Gasteiger partial charge in [0.15, 0.2) is 6.10 Å². The summed E-state index contributed by atoms with van der Waals surface area (Å²) in [6.07, 6.45) is -0.562. The molecule has 0 radical (unpaired) electrons. The average Bonchev–Trinajstić information content (AvgIpc) is 3.15. The van der Waals surface area contributed by atoms with Gasteiger partial charge in [0, 0.05) is 53.3 Å². The fraction of sp³-hybridized carbons (Fsp3) is 0.213. The van der Waals surface area contributed by atoms with E-state index in [1.54, 1.807) is 0 Å². The molecule has 6 aromatic rings. The van der Waals surface area contributed by atoms with Crippen LogP contribution in [-0.4, -0.2) is 19.1 Å². The molecule has 52 heavy (non-hydrogen) atoms. The molecule has 5 nitrogen and oxygen atoms in total. The van der Waals surface area contributed by atoms with Crippen LogP contribution in [-0.2, 0) is 4.74 Å². The normalized spacial score (nSPS) is 13.2. The highest BCUT2D eigenvalue weighted by molar-refractivity contribution is 5.92. The number of nitrogens with one attached hydrogen (secondary N) is 1. The number of nitrogens with zero attached hydrogens (tertiary/aromatic N) is 1. The second-order valence-electron chi connectivity index (χ2n) is 13.7. The molecule has 0 amide bonds. The van der Waals surface area contributed by atoms with Crippen molar-refractivity contribution < 1.29 is 14.3 Å². The zero-order valence-electron chi connectivity index (χ0n) is 30.9. The van der Waals surface area contributed by atoms with E-state index in [-0.39, 0.29) is 11.9 Å². The summed E-state index contributed by atoms with van der Waals surface area (Å²) in [5, 5.41) is 3.77. The van der Waals surface area contributed by atoms with Crippen molar-refractivity contribution in [3.63, 3.8) is 0 Å². The minimum absolute atomic E-state index is 0.290. The van der Waals surface area contributed by atoms with Crippen molar-refractivity contribution in [3.05, 3.63) is 183 Å². The Bertz CT molecular complexity index is 2160. The second-order valence-corrected chi connectivity index (χ2v) is 13.7. The van der Waals surface area contributed by atoms with Crippen molar-refractivity contribution >= 4 is 23.0 Å². The second kappa shape index (κ2) is 14.8. The van der Waals surface area contributed by atoms with Gasteiger partial charge in [0.2, 0.25) is 0 Å². The van der Waals surface area contributed by atoms with E-state index >= 15 is 0 Å². The standard InChI is InChI=1S/C47H46N2O3/c1-7-49(8-2)36-23-24-39-43(28-36)51-42-27-31(4)41(48-45-32(5)25-30(3)26-33(45)6)29-40(42)44(39)37-21-15-16-22-38(37)47(50)52-46(34-17-11-9-12-18-34)35-19-13-10-14-20-35/h9-29,44,46,48H,7-8H2,1-6H3. The predicted molar refractivity (Wildman–Crippen MR) is 213 cm³/mol. The lowest BCUT2D eigenvalue weighted by atomic mass is 9.80. The zero-order valence-corrected chi connectivity index (χ0v) is 30.9. The molecule has 0 aromatic heterocycles. The molecule has 6 aromatic carbocycles. The monoisotopic (exact) mass is 686 g/mol. The third kappa shape index (κ3) is 6.79. The van der Waals surface area contributed by atoms with Crippen LogP contribution in [0.15, 0.2) is 127 Å². The van der Waals surface area contributed by atoms with Gasteiger partial charge in [-0.15, -0.1) is 0 Å². The number of hydrogen-bond acceptors (Lipinski definition) is 5. The molecule has 0 saturated carbocycles. The van der Waals surface area contributed by atoms with Crippen molar-refractivity contribution in [2.24, 2.45) is 0 Å². The third-order valence-corrected chi connectivity index (χ3v) is 10.2. The van der Waals surface area contributed by atoms with Gasteiger partial charge in [-0.1, -0.05) is 103 Å². The Morgan fingerprint density at radius 2 is 1.27 bits per heavy atom. The number of ether oxygens (including phenoxy) is 2. The lowest BCUT2D eigenvalue weighted by Gasteiger charge is -2.32. The van der Waals surface area contributed by atoms with E-state index in [2.05, 4.69) is 100 Å². The van der Waals surface area contributed by atoms with Crippen molar-refractivity contribution in [3.8, 4) is 11.5 Å². The first kappa shape index (κ1) is 34.6. The van der Waals surface area contributed by atoms with Gasteiger partial charge in [-0.2, -0.15) is 0 Å². The summed E-state index contributed by atoms with van der Waals surface area (Å²) in [5.74, 6) is 0.909. The molecule has 7 rings (SSSR count). The largest absolute Gasteiger partial charge is 0.457 e. The van der Waals surface area contributed by atoms with Gasteiger partial charge in [-0.05, 0) is 99.2 Å². The van der Waals surface area contributed by atoms with E-state index in [1.165, 1.54) is 16.7 Å². The summed E-state index contributed by atoms with van der Waals surface area (Å²) in [5.41, 5.74) is 13.1. The van der Waals surface area contributed by atoms with Crippen LogP contribution >= 0.6 is 0 Å². The summed E-state index contributed by atoms with van der Waals surface area (Å²) >= 11 is 0. The molecular formula is C47H46N2O3. The molecule has 0 saturated heterocycles. The van der Waals surface area contributed by atoms with Gasteiger partial charge in [-0.3, -0.25) is 0 Å². The summed E-state index contributed by atoms with van der Waals surface area (Å²) in [4.78, 5) is 16.8. The molecule has 5 heteroatoms. The van der Waals surface area contributed by atoms with Crippen molar-refractivity contribution in [2.75, 3.05) is 23.3 Å². The number of anilines is 3. The van der Waals surface area contributed by atoms with E-state index in [0.717, 1.165) is 75.0 Å². The Hall–Kier alpha value is -5.81. The smallest absolute Gasteiger partial charge is 0.339 e. The lowest BCUT2D eigenvalue weighted by molar-refractivity contribution is 0.0376. The van der Waals surface area contributed by atoms with E-state index in [9.17, 15) is 4.79 Å². The lowest BCUT2D eigenvalue weighted by Crippen LogP contribution is -2.22. The van der Waals surface area contributed by atoms with E-state index in [0.29, 0.717) is 5.56 Å². The number of aryl methyl sites for hydroxylation is 4. The maximum absolute atomic E-state index is 14.5. The molecule has 0 bridgehead atoms. The zero-order chi connectivity index (χ0) is 36.4. The molecule has 0 spiro atoms. The summed E-state index contributed by atoms with van der Waals surface area (Å²) in [6.45, 7) is 14.6. The van der Waals surface area contributed by atoms with Crippen molar-refractivity contribution in [1.82, 2.24) is 0 Å². The maximum atomic E-state index is 14.5. The number of esters is 1. The van der Waals surface area contributed by atoms with Gasteiger partial charge in [0.25, 0.3) is 0 Å². The van der Waals surface area contributed by atoms with Crippen LogP contribution in [0.3, 0.4) is 0 Å². The molecule has 0 aliphatic carbocycles. The Balaban J connectivity index is 1.36. The summed E-state index contributed by atoms with van der Waals surface area (Å²) in [7, 11) is 0. The Kier molecular flexibility index (Phi) is 9.86. The highest BCUT2D eigenvalue weighted by atomic mass is 16.5. The first-order valence-corrected chi connectivity index (χ1v) is 18.2. The highest BCUT2D eigenvalue weighted by Gasteiger charge is 2.34. The van der Waals surface area contributed by atoms with E-state index in [4.69, 9.17) is 9.47 Å². The molecule has 0 fully saturated rings. The van der Waals surface area contributed by atoms with E-state index < -0.39 is 6.10 Å². The van der Waals surface area contributed by atoms with Gasteiger partial charge in [-0.25, -0.2) is 4.79 Å². The molecule has 1 N–H and O–H groups in total. The number of hydrogen-bond donors (Lipinski definition) is 1. The minimum Gasteiger partial charge on any atom is -0.457 e. The van der Waals surface area contributed by atoms with Gasteiger partial charge < -0.3 is 19.7 Å². The SMILES string of the molecule is CCN(CC)c1ccc2c(c1)Oc1cc(C)c(Nc3c(C)cc(C)cc3C)cc1C2c1ccccc1C(=O)OC(c1ccccc1)c1ccccc1. The molecular weight excluding hydrogens is 641 g/mol. The first-order chi connectivity index (χ1) is 25.2. The van der Waals surface area contributed by atoms with Crippen LogP contribution in [0.1, 0.15) is 86.3 Å². The number of fused-ring (bicyclic) bond motifs is 2. The number of carbonyl (C=O) groups is 1. The van der Waals surface area contributed by atoms with Crippen LogP contribution in [0, 0.1) is 27.7 Å². The topological polar surface area (TPSA) is 50.8 Å². The van der Waals surface area contributed by atoms with Gasteiger partial charge >= 0.3 is 5.97 Å². The van der Waals surface area contributed by atoms with Crippen molar-refractivity contribution in [1.29, 1.82) is 0 Å². The molecule has 1 heterocycles. The molecule has 1 aliphatic rings. The van der Waals surface area contributed by atoms with Crippen LogP contribution in [0.4, 0.5) is 17.1 Å². The fourth-order valence-electron chi connectivity index (χ4n) is 7.60. The van der Waals surface area contributed by atoms with Crippen LogP contribution < -0.4 is 15.0 Å². The molecule has 1 unspecified atom stereocenters. The average molecular weight is 687 g/mol. The molecule has 1 aliphatic heterocycles. The van der Waals surface area contributed by atoms with Gasteiger partial charge in [0.1, 0.15) is 11.5 Å². The highest BCUT2D eigenvalue weighted by Crippen LogP contribution is 2.51. The third-order valence-electron chi connectivity index (χ3n) is 10.2. The van der Waals surface area contributed by atoms with Crippen LogP contribution in [0.2, 0.25) is 0 Å². The Labute approximate surface area is 307 Å². The first-order valence-electron chi connectivity index (χ1n) is 18.2. The number of rotatable bonds is 10. The quantitative estimate of drug-likeness (QED) is 0.145. The van der Waals surface area contributed by atoms with Crippen molar-refractivity contribution in [2.45, 2.75) is 53.6 Å². The molecule has 262 valence electrons. The van der Waals surface area contributed by atoms with Gasteiger partial charge in [0.05, 0.1) is 5.56 Å².